The highest BCUT2D eigenvalue weighted by Crippen LogP contribution is 2.30. The number of nitrogens with zero attached hydrogens (tertiary/aromatic N) is 2. The number of aromatic nitrogens is 1. The predicted octanol–water partition coefficient (Wildman–Crippen LogP) is 4.72. The topological polar surface area (TPSA) is 63.4 Å². The monoisotopic (exact) mass is 465 g/mol. The minimum absolute atomic E-state index is 0.0632. The maximum atomic E-state index is 13.7. The molecule has 6 heteroatoms. The van der Waals surface area contributed by atoms with Gasteiger partial charge in [0.25, 0.3) is 0 Å². The first-order valence-electron chi connectivity index (χ1n) is 12.5. The van der Waals surface area contributed by atoms with Crippen molar-refractivity contribution in [2.24, 2.45) is 0 Å². The average Bonchev–Trinajstić information content (AvgIpc) is 3.39. The van der Waals surface area contributed by atoms with E-state index in [1.165, 1.54) is 16.6 Å². The molecule has 3 heterocycles. The second-order valence-electron chi connectivity index (χ2n) is 9.49. The average molecular weight is 466 g/mol. The van der Waals surface area contributed by atoms with Gasteiger partial charge in [-0.1, -0.05) is 42.5 Å². The number of piperazine rings is 1. The van der Waals surface area contributed by atoms with Crippen molar-refractivity contribution in [3.8, 4) is 0 Å². The second kappa shape index (κ2) is 9.47. The van der Waals surface area contributed by atoms with Gasteiger partial charge in [0.2, 0.25) is 5.91 Å². The summed E-state index contributed by atoms with van der Waals surface area (Å²) in [6, 6.07) is 26.6. The molecule has 0 saturated carbocycles. The van der Waals surface area contributed by atoms with Crippen LogP contribution in [0, 0.1) is 0 Å². The Morgan fingerprint density at radius 2 is 1.69 bits per heavy atom. The van der Waals surface area contributed by atoms with Crippen molar-refractivity contribution in [2.45, 2.75) is 24.9 Å². The van der Waals surface area contributed by atoms with E-state index in [0.29, 0.717) is 0 Å². The van der Waals surface area contributed by atoms with Crippen LogP contribution in [0.5, 0.6) is 0 Å². The van der Waals surface area contributed by atoms with Crippen molar-refractivity contribution in [1.82, 2.24) is 9.88 Å². The molecule has 3 N–H and O–H groups in total. The third kappa shape index (κ3) is 4.37. The molecule has 2 atom stereocenters. The minimum atomic E-state index is -0.242. The van der Waals surface area contributed by atoms with Gasteiger partial charge in [0.1, 0.15) is 6.04 Å². The van der Waals surface area contributed by atoms with Crippen molar-refractivity contribution < 1.29 is 4.79 Å². The number of para-hydroxylation sites is 2. The molecule has 6 nitrogen and oxygen atoms in total. The highest BCUT2D eigenvalue weighted by Gasteiger charge is 2.37. The summed E-state index contributed by atoms with van der Waals surface area (Å²) in [5.74, 6) is 0.0641. The highest BCUT2D eigenvalue weighted by molar-refractivity contribution is 5.96. The summed E-state index contributed by atoms with van der Waals surface area (Å²) in [4.78, 5) is 21.8. The maximum absolute atomic E-state index is 13.7. The van der Waals surface area contributed by atoms with Crippen molar-refractivity contribution in [3.05, 3.63) is 90.6 Å². The number of amides is 1. The lowest BCUT2D eigenvalue weighted by Gasteiger charge is -2.43. The number of hydrogen-bond donors (Lipinski definition) is 3. The summed E-state index contributed by atoms with van der Waals surface area (Å²) in [6.07, 6.45) is 3.92. The number of anilines is 3. The van der Waals surface area contributed by atoms with E-state index in [0.717, 1.165) is 55.9 Å². The molecule has 0 spiro atoms. The van der Waals surface area contributed by atoms with Crippen LogP contribution in [0.25, 0.3) is 10.9 Å². The fourth-order valence-corrected chi connectivity index (χ4v) is 5.63. The summed E-state index contributed by atoms with van der Waals surface area (Å²) in [6.45, 7) is 3.46. The van der Waals surface area contributed by atoms with Gasteiger partial charge in [-0.25, -0.2) is 0 Å². The summed E-state index contributed by atoms with van der Waals surface area (Å²) < 4.78 is 0. The van der Waals surface area contributed by atoms with Crippen molar-refractivity contribution in [3.63, 3.8) is 0 Å². The largest absolute Gasteiger partial charge is 0.380 e. The van der Waals surface area contributed by atoms with E-state index in [1.54, 1.807) is 0 Å². The van der Waals surface area contributed by atoms with E-state index >= 15 is 0 Å². The molecular formula is C29H31N5O. The number of benzene rings is 3. The Morgan fingerprint density at radius 1 is 0.886 bits per heavy atom. The van der Waals surface area contributed by atoms with Crippen LogP contribution in [0.1, 0.15) is 12.0 Å². The maximum Gasteiger partial charge on any atom is 0.243 e. The molecular weight excluding hydrogens is 434 g/mol. The molecule has 3 aromatic carbocycles. The first-order chi connectivity index (χ1) is 17.3. The fraction of sp³-hybridized carbons (Fsp3) is 0.276. The quantitative estimate of drug-likeness (QED) is 0.399. The van der Waals surface area contributed by atoms with Crippen LogP contribution >= 0.6 is 0 Å². The molecule has 1 aromatic heterocycles. The van der Waals surface area contributed by atoms with Crippen LogP contribution in [-0.2, 0) is 11.2 Å². The van der Waals surface area contributed by atoms with E-state index in [-0.39, 0.29) is 18.0 Å². The van der Waals surface area contributed by atoms with Gasteiger partial charge in [-0.2, -0.15) is 0 Å². The van der Waals surface area contributed by atoms with Gasteiger partial charge in [-0.05, 0) is 54.8 Å². The third-order valence-electron chi connectivity index (χ3n) is 7.39. The van der Waals surface area contributed by atoms with E-state index < -0.39 is 0 Å². The lowest BCUT2D eigenvalue weighted by Crippen LogP contribution is -2.60. The molecule has 0 bridgehead atoms. The number of H-pyrrole nitrogens is 1. The zero-order valence-corrected chi connectivity index (χ0v) is 19.8. The van der Waals surface area contributed by atoms with E-state index in [4.69, 9.17) is 0 Å². The molecule has 1 fully saturated rings. The number of fused-ring (bicyclic) bond motifs is 2. The molecule has 0 aliphatic carbocycles. The number of aromatic amines is 1. The standard InChI is InChI=1S/C29H31N5O/c35-29(31-22-8-2-1-3-9-22)28(26-14-13-21-7-4-5-10-24(21)32-26)34-19-17-33(18-20-34)27-12-6-11-25-23(27)15-16-30-25/h1-12,15-16,26,28,30,32H,13-14,17-20H2,(H,31,35). The Hall–Kier alpha value is -3.77. The molecule has 178 valence electrons. The first kappa shape index (κ1) is 21.7. The molecule has 1 amide bonds. The Morgan fingerprint density at radius 3 is 2.54 bits per heavy atom. The number of hydrogen-bond acceptors (Lipinski definition) is 4. The smallest absolute Gasteiger partial charge is 0.243 e. The summed E-state index contributed by atoms with van der Waals surface area (Å²) in [7, 11) is 0. The normalized spacial score (nSPS) is 19.1. The molecule has 0 radical (unpaired) electrons. The number of aryl methyl sites for hydroxylation is 1. The van der Waals surface area contributed by atoms with Gasteiger partial charge in [-0.15, -0.1) is 0 Å². The third-order valence-corrected chi connectivity index (χ3v) is 7.39. The lowest BCUT2D eigenvalue weighted by atomic mass is 9.92. The van der Waals surface area contributed by atoms with Gasteiger partial charge in [0, 0.05) is 60.3 Å². The van der Waals surface area contributed by atoms with Gasteiger partial charge < -0.3 is 20.5 Å². The fourth-order valence-electron chi connectivity index (χ4n) is 5.63. The van der Waals surface area contributed by atoms with Crippen LogP contribution in [0.2, 0.25) is 0 Å². The number of rotatable bonds is 5. The van der Waals surface area contributed by atoms with Gasteiger partial charge >= 0.3 is 0 Å². The zero-order valence-electron chi connectivity index (χ0n) is 19.8. The van der Waals surface area contributed by atoms with Crippen LogP contribution < -0.4 is 15.5 Å². The van der Waals surface area contributed by atoms with E-state index in [1.807, 2.05) is 36.5 Å². The van der Waals surface area contributed by atoms with Crippen LogP contribution in [0.4, 0.5) is 17.1 Å². The van der Waals surface area contributed by atoms with Crippen LogP contribution in [-0.4, -0.2) is 54.1 Å². The van der Waals surface area contributed by atoms with Gasteiger partial charge in [0.15, 0.2) is 0 Å². The van der Waals surface area contributed by atoms with Crippen LogP contribution in [0.15, 0.2) is 85.1 Å². The second-order valence-corrected chi connectivity index (χ2v) is 9.49. The first-order valence-corrected chi connectivity index (χ1v) is 12.5. The molecule has 35 heavy (non-hydrogen) atoms. The van der Waals surface area contributed by atoms with E-state index in [2.05, 4.69) is 73.9 Å². The van der Waals surface area contributed by atoms with Crippen LogP contribution in [0.3, 0.4) is 0 Å². The molecule has 4 aromatic rings. The number of carbonyl (C=O) groups excluding carboxylic acids is 1. The lowest BCUT2D eigenvalue weighted by molar-refractivity contribution is -0.122. The Labute approximate surface area is 205 Å². The molecule has 2 aliphatic heterocycles. The van der Waals surface area contributed by atoms with Crippen molar-refractivity contribution >= 4 is 33.9 Å². The molecule has 2 unspecified atom stereocenters. The van der Waals surface area contributed by atoms with Gasteiger partial charge in [-0.3, -0.25) is 9.69 Å². The number of nitrogens with one attached hydrogen (secondary N) is 3. The highest BCUT2D eigenvalue weighted by atomic mass is 16.2. The molecule has 1 saturated heterocycles. The zero-order chi connectivity index (χ0) is 23.6. The van der Waals surface area contributed by atoms with Crippen molar-refractivity contribution in [1.29, 1.82) is 0 Å². The van der Waals surface area contributed by atoms with Crippen molar-refractivity contribution in [2.75, 3.05) is 41.7 Å². The molecule has 6 rings (SSSR count). The van der Waals surface area contributed by atoms with E-state index in [9.17, 15) is 4.79 Å². The summed E-state index contributed by atoms with van der Waals surface area (Å²) >= 11 is 0. The Bertz CT molecular complexity index is 1310. The Balaban J connectivity index is 1.23. The van der Waals surface area contributed by atoms with Gasteiger partial charge in [0.05, 0.1) is 6.04 Å². The Kier molecular flexibility index (Phi) is 5.88. The molecule has 2 aliphatic rings. The summed E-state index contributed by atoms with van der Waals surface area (Å²) in [5.41, 5.74) is 5.75. The summed E-state index contributed by atoms with van der Waals surface area (Å²) in [5, 5.41) is 8.14. The SMILES string of the molecule is O=C(Nc1ccccc1)C(C1CCc2ccccc2N1)N1CCN(c2cccc3[nH]ccc23)CC1. The minimum Gasteiger partial charge on any atom is -0.380 e. The number of carbonyl (C=O) groups is 1. The predicted molar refractivity (Wildman–Crippen MR) is 143 cm³/mol.